The lowest BCUT2D eigenvalue weighted by atomic mass is 9.95. The fraction of sp³-hybridized carbons (Fsp3) is 0.923. The van der Waals surface area contributed by atoms with Crippen LogP contribution >= 0.6 is 0 Å². The molecule has 3 nitrogen and oxygen atoms in total. The lowest BCUT2D eigenvalue weighted by Crippen LogP contribution is -2.36. The molecule has 3 heteroatoms. The Balaban J connectivity index is 1.59. The zero-order valence-corrected chi connectivity index (χ0v) is 10.1. The summed E-state index contributed by atoms with van der Waals surface area (Å²) in [7, 11) is 0. The predicted molar refractivity (Wildman–Crippen MR) is 65.2 cm³/mol. The van der Waals surface area contributed by atoms with Gasteiger partial charge in [0.15, 0.2) is 0 Å². The topological polar surface area (TPSA) is 41.1 Å². The minimum absolute atomic E-state index is 0.277. The molecule has 0 aromatic carbocycles. The van der Waals surface area contributed by atoms with E-state index < -0.39 is 0 Å². The Hall–Kier alpha value is -0.570. The molecule has 92 valence electrons. The van der Waals surface area contributed by atoms with Crippen molar-refractivity contribution in [2.45, 2.75) is 57.4 Å². The van der Waals surface area contributed by atoms with Gasteiger partial charge in [-0.1, -0.05) is 19.3 Å². The van der Waals surface area contributed by atoms with Crippen LogP contribution < -0.4 is 10.6 Å². The summed E-state index contributed by atoms with van der Waals surface area (Å²) >= 11 is 0. The van der Waals surface area contributed by atoms with Crippen molar-refractivity contribution >= 4 is 5.91 Å². The smallest absolute Gasteiger partial charge is 0.220 e. The van der Waals surface area contributed by atoms with Crippen LogP contribution in [0.4, 0.5) is 0 Å². The van der Waals surface area contributed by atoms with Gasteiger partial charge in [-0.25, -0.2) is 0 Å². The predicted octanol–water partition coefficient (Wildman–Crippen LogP) is 1.82. The molecule has 0 radical (unpaired) electrons. The number of amides is 1. The standard InChI is InChI=1S/C13H24N2O/c16-13(7-6-11-8-9-14-10-11)15-12-4-2-1-3-5-12/h11-12,14H,1-10H2,(H,15,16). The van der Waals surface area contributed by atoms with Gasteiger partial charge in [-0.2, -0.15) is 0 Å². The van der Waals surface area contributed by atoms with Gasteiger partial charge >= 0.3 is 0 Å². The zero-order chi connectivity index (χ0) is 11.2. The van der Waals surface area contributed by atoms with Crippen molar-refractivity contribution in [3.63, 3.8) is 0 Å². The normalized spacial score (nSPS) is 26.9. The van der Waals surface area contributed by atoms with Gasteiger partial charge in [0, 0.05) is 12.5 Å². The maximum absolute atomic E-state index is 11.7. The summed E-state index contributed by atoms with van der Waals surface area (Å²) in [5, 5.41) is 6.53. The van der Waals surface area contributed by atoms with Crippen LogP contribution in [0.2, 0.25) is 0 Å². The highest BCUT2D eigenvalue weighted by atomic mass is 16.1. The molecule has 1 amide bonds. The van der Waals surface area contributed by atoms with E-state index >= 15 is 0 Å². The lowest BCUT2D eigenvalue weighted by Gasteiger charge is -2.23. The summed E-state index contributed by atoms with van der Waals surface area (Å²) in [4.78, 5) is 11.7. The number of carbonyl (C=O) groups is 1. The Morgan fingerprint density at radius 1 is 1.19 bits per heavy atom. The summed E-state index contributed by atoms with van der Waals surface area (Å²) in [5.41, 5.74) is 0. The van der Waals surface area contributed by atoms with Gasteiger partial charge in [0.05, 0.1) is 0 Å². The van der Waals surface area contributed by atoms with Gasteiger partial charge in [-0.15, -0.1) is 0 Å². The molecule has 1 atom stereocenters. The van der Waals surface area contributed by atoms with Crippen LogP contribution in [-0.4, -0.2) is 25.0 Å². The van der Waals surface area contributed by atoms with E-state index in [-0.39, 0.29) is 5.91 Å². The highest BCUT2D eigenvalue weighted by Gasteiger charge is 2.18. The highest BCUT2D eigenvalue weighted by molar-refractivity contribution is 5.76. The van der Waals surface area contributed by atoms with Gasteiger partial charge < -0.3 is 10.6 Å². The molecule has 16 heavy (non-hydrogen) atoms. The SMILES string of the molecule is O=C(CCC1CCNC1)NC1CCCCC1. The second-order valence-electron chi connectivity index (χ2n) is 5.30. The Morgan fingerprint density at radius 3 is 2.69 bits per heavy atom. The third-order valence-corrected chi connectivity index (χ3v) is 3.91. The van der Waals surface area contributed by atoms with Crippen LogP contribution in [0.15, 0.2) is 0 Å². The Kier molecular flexibility index (Phi) is 4.64. The summed E-state index contributed by atoms with van der Waals surface area (Å²) < 4.78 is 0. The molecule has 0 spiro atoms. The van der Waals surface area contributed by atoms with E-state index in [1.54, 1.807) is 0 Å². The van der Waals surface area contributed by atoms with Crippen LogP contribution in [0.3, 0.4) is 0 Å². The Morgan fingerprint density at radius 2 is 2.00 bits per heavy atom. The van der Waals surface area contributed by atoms with E-state index in [9.17, 15) is 4.79 Å². The number of hydrogen-bond acceptors (Lipinski definition) is 2. The molecule has 1 unspecified atom stereocenters. The minimum Gasteiger partial charge on any atom is -0.353 e. The molecule has 1 saturated carbocycles. The molecular weight excluding hydrogens is 200 g/mol. The van der Waals surface area contributed by atoms with Crippen molar-refractivity contribution in [3.8, 4) is 0 Å². The van der Waals surface area contributed by atoms with Crippen LogP contribution in [0.5, 0.6) is 0 Å². The number of hydrogen-bond donors (Lipinski definition) is 2. The van der Waals surface area contributed by atoms with Crippen LogP contribution in [0.1, 0.15) is 51.4 Å². The largest absolute Gasteiger partial charge is 0.353 e. The average Bonchev–Trinajstić information content (AvgIpc) is 2.81. The van der Waals surface area contributed by atoms with Crippen LogP contribution in [-0.2, 0) is 4.79 Å². The molecule has 1 aliphatic carbocycles. The molecule has 2 rings (SSSR count). The minimum atomic E-state index is 0.277. The molecule has 1 aliphatic heterocycles. The quantitative estimate of drug-likeness (QED) is 0.765. The third kappa shape index (κ3) is 3.78. The maximum Gasteiger partial charge on any atom is 0.220 e. The van der Waals surface area contributed by atoms with Gasteiger partial charge in [-0.3, -0.25) is 4.79 Å². The summed E-state index contributed by atoms with van der Waals surface area (Å²) in [6.45, 7) is 2.24. The first kappa shape index (κ1) is 11.9. The monoisotopic (exact) mass is 224 g/mol. The number of rotatable bonds is 4. The van der Waals surface area contributed by atoms with Crippen LogP contribution in [0, 0.1) is 5.92 Å². The second-order valence-corrected chi connectivity index (χ2v) is 5.30. The molecule has 2 fully saturated rings. The lowest BCUT2D eigenvalue weighted by molar-refractivity contribution is -0.122. The molecule has 0 bridgehead atoms. The van der Waals surface area contributed by atoms with Gasteiger partial charge in [0.2, 0.25) is 5.91 Å². The summed E-state index contributed by atoms with van der Waals surface area (Å²) in [5.74, 6) is 1.01. The molecular formula is C13H24N2O. The van der Waals surface area contributed by atoms with Crippen molar-refractivity contribution in [2.75, 3.05) is 13.1 Å². The molecule has 1 heterocycles. The molecule has 1 saturated heterocycles. The van der Waals surface area contributed by atoms with Crippen molar-refractivity contribution in [2.24, 2.45) is 5.92 Å². The van der Waals surface area contributed by atoms with Gasteiger partial charge in [0.1, 0.15) is 0 Å². The molecule has 2 N–H and O–H groups in total. The molecule has 0 aromatic heterocycles. The number of carbonyl (C=O) groups excluding carboxylic acids is 1. The van der Waals surface area contributed by atoms with Crippen molar-refractivity contribution < 1.29 is 4.79 Å². The third-order valence-electron chi connectivity index (χ3n) is 3.91. The second kappa shape index (κ2) is 6.24. The van der Waals surface area contributed by atoms with E-state index in [2.05, 4.69) is 10.6 Å². The van der Waals surface area contributed by atoms with E-state index in [1.807, 2.05) is 0 Å². The van der Waals surface area contributed by atoms with E-state index in [0.717, 1.165) is 31.8 Å². The number of nitrogens with one attached hydrogen (secondary N) is 2. The summed E-state index contributed by atoms with van der Waals surface area (Å²) in [6, 6.07) is 0.475. The molecule has 0 aromatic rings. The van der Waals surface area contributed by atoms with Crippen molar-refractivity contribution in [1.82, 2.24) is 10.6 Å². The highest BCUT2D eigenvalue weighted by Crippen LogP contribution is 2.18. The van der Waals surface area contributed by atoms with Crippen LogP contribution in [0.25, 0.3) is 0 Å². The van der Waals surface area contributed by atoms with E-state index in [0.29, 0.717) is 6.04 Å². The fourth-order valence-electron chi connectivity index (χ4n) is 2.84. The zero-order valence-electron chi connectivity index (χ0n) is 10.1. The van der Waals surface area contributed by atoms with Crippen molar-refractivity contribution in [3.05, 3.63) is 0 Å². The molecule has 2 aliphatic rings. The fourth-order valence-corrected chi connectivity index (χ4v) is 2.84. The summed E-state index contributed by atoms with van der Waals surface area (Å²) in [6.07, 6.45) is 9.34. The maximum atomic E-state index is 11.7. The van der Waals surface area contributed by atoms with Crippen molar-refractivity contribution in [1.29, 1.82) is 0 Å². The first-order chi connectivity index (χ1) is 7.84. The Bertz CT molecular complexity index is 218. The van der Waals surface area contributed by atoms with Gasteiger partial charge in [0.25, 0.3) is 0 Å². The van der Waals surface area contributed by atoms with E-state index in [4.69, 9.17) is 0 Å². The Labute approximate surface area is 98.4 Å². The van der Waals surface area contributed by atoms with E-state index in [1.165, 1.54) is 38.5 Å². The first-order valence-electron chi connectivity index (χ1n) is 6.84. The van der Waals surface area contributed by atoms with Gasteiger partial charge in [-0.05, 0) is 44.7 Å². The first-order valence-corrected chi connectivity index (χ1v) is 6.84. The average molecular weight is 224 g/mol.